The second kappa shape index (κ2) is 7.03. The highest BCUT2D eigenvalue weighted by Crippen LogP contribution is 2.19. The largest absolute Gasteiger partial charge is 0.480 e. The average molecular weight is 248 g/mol. The minimum atomic E-state index is -0.758. The molecular weight excluding hydrogens is 232 g/mol. The van der Waals surface area contributed by atoms with Gasteiger partial charge < -0.3 is 5.11 Å². The Morgan fingerprint density at radius 2 is 2.00 bits per heavy atom. The van der Waals surface area contributed by atoms with E-state index < -0.39 is 5.97 Å². The fourth-order valence-electron chi connectivity index (χ4n) is 1.34. The van der Waals surface area contributed by atoms with Crippen molar-refractivity contribution in [2.75, 3.05) is 5.75 Å². The maximum Gasteiger partial charge on any atom is 0.316 e. The average Bonchev–Trinajstić information content (AvgIpc) is 2.29. The zero-order valence-electron chi connectivity index (χ0n) is 10.0. The third kappa shape index (κ3) is 4.97. The van der Waals surface area contributed by atoms with Crippen molar-refractivity contribution in [1.29, 1.82) is 0 Å². The number of rotatable bonds is 4. The number of benzene rings is 1. The summed E-state index contributed by atoms with van der Waals surface area (Å²) in [5.74, 6) is 5.91. The van der Waals surface area contributed by atoms with E-state index in [4.69, 9.17) is 5.11 Å². The first-order valence-electron chi connectivity index (χ1n) is 5.49. The second-order valence-electron chi connectivity index (χ2n) is 3.98. The molecule has 3 heteroatoms. The molecule has 0 spiro atoms. The quantitative estimate of drug-likeness (QED) is 0.832. The number of thioether (sulfide) groups is 1. The van der Waals surface area contributed by atoms with Gasteiger partial charge in [0.2, 0.25) is 0 Å². The van der Waals surface area contributed by atoms with Crippen LogP contribution in [0.4, 0.5) is 0 Å². The van der Waals surface area contributed by atoms with Crippen LogP contribution < -0.4 is 0 Å². The van der Waals surface area contributed by atoms with Gasteiger partial charge in [-0.2, -0.15) is 0 Å². The van der Waals surface area contributed by atoms with Gasteiger partial charge in [-0.25, -0.2) is 0 Å². The first kappa shape index (κ1) is 13.7. The summed E-state index contributed by atoms with van der Waals surface area (Å²) >= 11 is 1.38. The van der Waals surface area contributed by atoms with Crippen LogP contribution in [0.1, 0.15) is 19.4 Å². The Hall–Kier alpha value is -1.40. The van der Waals surface area contributed by atoms with E-state index >= 15 is 0 Å². The van der Waals surface area contributed by atoms with Gasteiger partial charge >= 0.3 is 5.97 Å². The third-order valence-electron chi connectivity index (χ3n) is 2.19. The predicted octanol–water partition coefficient (Wildman–Crippen LogP) is 2.88. The van der Waals surface area contributed by atoms with Gasteiger partial charge in [0.05, 0.1) is 5.75 Å². The van der Waals surface area contributed by atoms with Gasteiger partial charge in [0.15, 0.2) is 0 Å². The van der Waals surface area contributed by atoms with Crippen molar-refractivity contribution in [2.24, 2.45) is 5.92 Å². The minimum Gasteiger partial charge on any atom is -0.480 e. The molecule has 1 atom stereocenters. The Morgan fingerprint density at radius 3 is 2.53 bits per heavy atom. The van der Waals surface area contributed by atoms with E-state index in [-0.39, 0.29) is 11.2 Å². The van der Waals surface area contributed by atoms with Crippen LogP contribution in [-0.2, 0) is 4.79 Å². The lowest BCUT2D eigenvalue weighted by Gasteiger charge is -2.13. The van der Waals surface area contributed by atoms with E-state index in [9.17, 15) is 4.79 Å². The molecule has 1 N–H and O–H groups in total. The molecule has 0 aromatic heterocycles. The first-order valence-corrected chi connectivity index (χ1v) is 6.54. The molecule has 0 bridgehead atoms. The molecule has 1 rings (SSSR count). The van der Waals surface area contributed by atoms with Crippen LogP contribution >= 0.6 is 11.8 Å². The van der Waals surface area contributed by atoms with Crippen molar-refractivity contribution < 1.29 is 9.90 Å². The molecule has 0 amide bonds. The van der Waals surface area contributed by atoms with Gasteiger partial charge in [0, 0.05) is 5.56 Å². The lowest BCUT2D eigenvalue weighted by Crippen LogP contribution is -2.22. The van der Waals surface area contributed by atoms with Crippen LogP contribution in [0.15, 0.2) is 30.3 Å². The summed E-state index contributed by atoms with van der Waals surface area (Å²) in [5.41, 5.74) is 0.963. The highest BCUT2D eigenvalue weighted by molar-refractivity contribution is 8.00. The Balaban J connectivity index is 2.47. The molecule has 2 nitrogen and oxygen atoms in total. The van der Waals surface area contributed by atoms with Crippen LogP contribution in [0.2, 0.25) is 0 Å². The Bertz CT molecular complexity index is 415. The Kier molecular flexibility index (Phi) is 5.65. The van der Waals surface area contributed by atoms with Gasteiger partial charge in [0.1, 0.15) is 5.25 Å². The van der Waals surface area contributed by atoms with Crippen molar-refractivity contribution in [2.45, 2.75) is 19.1 Å². The molecule has 0 heterocycles. The second-order valence-corrected chi connectivity index (χ2v) is 5.11. The summed E-state index contributed by atoms with van der Waals surface area (Å²) in [7, 11) is 0. The molecule has 1 aromatic carbocycles. The molecule has 0 fully saturated rings. The van der Waals surface area contributed by atoms with E-state index in [1.807, 2.05) is 44.2 Å². The molecule has 1 aromatic rings. The van der Waals surface area contributed by atoms with Crippen molar-refractivity contribution in [1.82, 2.24) is 0 Å². The molecule has 0 saturated heterocycles. The first-order chi connectivity index (χ1) is 8.11. The van der Waals surface area contributed by atoms with Crippen LogP contribution in [0, 0.1) is 17.8 Å². The normalized spacial score (nSPS) is 11.7. The molecular formula is C14H16O2S. The van der Waals surface area contributed by atoms with E-state index in [1.54, 1.807) is 0 Å². The monoisotopic (exact) mass is 248 g/mol. The third-order valence-corrected chi connectivity index (χ3v) is 3.61. The predicted molar refractivity (Wildman–Crippen MR) is 72.0 cm³/mol. The molecule has 1 unspecified atom stereocenters. The van der Waals surface area contributed by atoms with Crippen LogP contribution in [0.5, 0.6) is 0 Å². The molecule has 0 saturated carbocycles. The summed E-state index contributed by atoms with van der Waals surface area (Å²) in [5, 5.41) is 8.62. The zero-order chi connectivity index (χ0) is 12.7. The molecule has 90 valence electrons. The summed E-state index contributed by atoms with van der Waals surface area (Å²) in [6.45, 7) is 3.83. The number of hydrogen-bond acceptors (Lipinski definition) is 2. The van der Waals surface area contributed by atoms with Gasteiger partial charge in [-0.3, -0.25) is 4.79 Å². The van der Waals surface area contributed by atoms with E-state index in [0.29, 0.717) is 5.75 Å². The minimum absolute atomic E-state index is 0.121. The van der Waals surface area contributed by atoms with Gasteiger partial charge in [-0.15, -0.1) is 11.8 Å². The molecule has 0 radical (unpaired) electrons. The van der Waals surface area contributed by atoms with Crippen molar-refractivity contribution in [3.63, 3.8) is 0 Å². The number of carboxylic acid groups (broad SMARTS) is 1. The lowest BCUT2D eigenvalue weighted by atomic mass is 10.1. The summed E-state index contributed by atoms with van der Waals surface area (Å²) in [4.78, 5) is 10.9. The standard InChI is InChI=1S/C14H16O2S/c1-11(2)13(14(15)16)17-10-6-9-12-7-4-3-5-8-12/h3-5,7-8,11,13H,10H2,1-2H3,(H,15,16). The summed E-state index contributed by atoms with van der Waals surface area (Å²) in [6.07, 6.45) is 0. The molecule has 0 aliphatic carbocycles. The lowest BCUT2D eigenvalue weighted by molar-refractivity contribution is -0.137. The molecule has 0 aliphatic heterocycles. The van der Waals surface area contributed by atoms with E-state index in [0.717, 1.165) is 5.56 Å². The highest BCUT2D eigenvalue weighted by atomic mass is 32.2. The van der Waals surface area contributed by atoms with Crippen LogP contribution in [0.25, 0.3) is 0 Å². The molecule has 0 aliphatic rings. The fraction of sp³-hybridized carbons (Fsp3) is 0.357. The maximum atomic E-state index is 10.9. The number of carbonyl (C=O) groups is 1. The topological polar surface area (TPSA) is 37.3 Å². The van der Waals surface area contributed by atoms with E-state index in [2.05, 4.69) is 11.8 Å². The highest BCUT2D eigenvalue weighted by Gasteiger charge is 2.20. The maximum absolute atomic E-state index is 10.9. The van der Waals surface area contributed by atoms with Crippen molar-refractivity contribution >= 4 is 17.7 Å². The van der Waals surface area contributed by atoms with E-state index in [1.165, 1.54) is 11.8 Å². The smallest absolute Gasteiger partial charge is 0.316 e. The Labute approximate surface area is 106 Å². The Morgan fingerprint density at radius 1 is 1.35 bits per heavy atom. The van der Waals surface area contributed by atoms with Gasteiger partial charge in [-0.1, -0.05) is 43.9 Å². The number of hydrogen-bond donors (Lipinski definition) is 1. The van der Waals surface area contributed by atoms with Crippen LogP contribution in [-0.4, -0.2) is 22.1 Å². The summed E-state index contributed by atoms with van der Waals surface area (Å²) < 4.78 is 0. The fourth-order valence-corrected chi connectivity index (χ4v) is 2.20. The van der Waals surface area contributed by atoms with Crippen molar-refractivity contribution in [3.8, 4) is 11.8 Å². The van der Waals surface area contributed by atoms with Crippen LogP contribution in [0.3, 0.4) is 0 Å². The zero-order valence-corrected chi connectivity index (χ0v) is 10.8. The number of carboxylic acids is 1. The van der Waals surface area contributed by atoms with Gasteiger partial charge in [0.25, 0.3) is 0 Å². The SMILES string of the molecule is CC(C)C(SCC#Cc1ccccc1)C(=O)O. The van der Waals surface area contributed by atoms with Gasteiger partial charge in [-0.05, 0) is 18.1 Å². The van der Waals surface area contributed by atoms with Crippen molar-refractivity contribution in [3.05, 3.63) is 35.9 Å². The summed E-state index contributed by atoms with van der Waals surface area (Å²) in [6, 6.07) is 9.69. The molecule has 17 heavy (non-hydrogen) atoms. The number of aliphatic carboxylic acids is 1.